The van der Waals surface area contributed by atoms with Crippen molar-refractivity contribution in [3.8, 4) is 0 Å². The quantitative estimate of drug-likeness (QED) is 0.572. The molecule has 0 bridgehead atoms. The van der Waals surface area contributed by atoms with Crippen LogP contribution < -0.4 is 10.6 Å². The minimum atomic E-state index is -4.83. The fourth-order valence-corrected chi connectivity index (χ4v) is 2.21. The maximum Gasteiger partial charge on any atom is 0.395 e. The molecule has 0 aromatic rings. The first-order valence-corrected chi connectivity index (χ1v) is 5.97. The van der Waals surface area contributed by atoms with Gasteiger partial charge in [0.1, 0.15) is 0 Å². The summed E-state index contributed by atoms with van der Waals surface area (Å²) in [5.41, 5.74) is -2.77. The molecule has 1 saturated heterocycles. The molecule has 2 amide bonds. The first-order chi connectivity index (χ1) is 9.16. The molecular weight excluding hydrogens is 281 g/mol. The molecule has 1 heterocycles. The smallest absolute Gasteiger partial charge is 0.395 e. The first kappa shape index (κ1) is 16.3. The molecule has 114 valence electrons. The van der Waals surface area contributed by atoms with Crippen molar-refractivity contribution in [2.45, 2.75) is 32.0 Å². The van der Waals surface area contributed by atoms with Crippen LogP contribution in [0.25, 0.3) is 0 Å². The van der Waals surface area contributed by atoms with Gasteiger partial charge in [-0.3, -0.25) is 9.59 Å². The second kappa shape index (κ2) is 5.68. The van der Waals surface area contributed by atoms with Crippen molar-refractivity contribution in [1.29, 1.82) is 0 Å². The van der Waals surface area contributed by atoms with Crippen LogP contribution in [-0.2, 0) is 19.1 Å². The van der Waals surface area contributed by atoms with Crippen LogP contribution in [0.3, 0.4) is 0 Å². The normalized spacial score (nSPS) is 26.6. The summed E-state index contributed by atoms with van der Waals surface area (Å²) in [6.07, 6.45) is -5.35. The number of ether oxygens (including phenoxy) is 1. The minimum Gasteiger partial charge on any atom is -0.464 e. The average Bonchev–Trinajstić information content (AvgIpc) is 2.29. The van der Waals surface area contributed by atoms with E-state index in [1.165, 1.54) is 6.92 Å². The van der Waals surface area contributed by atoms with Crippen molar-refractivity contribution >= 4 is 17.8 Å². The number of amides is 2. The molecule has 1 fully saturated rings. The summed E-state index contributed by atoms with van der Waals surface area (Å²) in [6.45, 7) is 1.88. The van der Waals surface area contributed by atoms with E-state index in [1.54, 1.807) is 0 Å². The number of halogens is 3. The van der Waals surface area contributed by atoms with Crippen molar-refractivity contribution in [3.05, 3.63) is 0 Å². The number of rotatable bonds is 3. The molecule has 2 unspecified atom stereocenters. The summed E-state index contributed by atoms with van der Waals surface area (Å²) < 4.78 is 43.9. The highest BCUT2D eigenvalue weighted by Crippen LogP contribution is 2.39. The molecule has 0 aliphatic carbocycles. The molecule has 2 N–H and O–H groups in total. The lowest BCUT2D eigenvalue weighted by Crippen LogP contribution is -2.73. The lowest BCUT2D eigenvalue weighted by Gasteiger charge is -2.41. The Morgan fingerprint density at radius 3 is 2.55 bits per heavy atom. The van der Waals surface area contributed by atoms with Gasteiger partial charge < -0.3 is 15.4 Å². The molecule has 0 aromatic carbocycles. The van der Waals surface area contributed by atoms with Crippen LogP contribution >= 0.6 is 0 Å². The summed E-state index contributed by atoms with van der Waals surface area (Å²) in [4.78, 5) is 35.0. The predicted molar refractivity (Wildman–Crippen MR) is 60.4 cm³/mol. The molecule has 6 nitrogen and oxygen atoms in total. The van der Waals surface area contributed by atoms with Crippen LogP contribution in [0.5, 0.6) is 0 Å². The van der Waals surface area contributed by atoms with E-state index in [-0.39, 0.29) is 13.2 Å². The van der Waals surface area contributed by atoms with Crippen LogP contribution in [0, 0.1) is 5.92 Å². The monoisotopic (exact) mass is 296 g/mol. The third kappa shape index (κ3) is 2.86. The molecular formula is C11H15F3N2O4. The van der Waals surface area contributed by atoms with Crippen molar-refractivity contribution in [3.63, 3.8) is 0 Å². The number of alkyl halides is 3. The van der Waals surface area contributed by atoms with Crippen LogP contribution in [0.1, 0.15) is 20.3 Å². The first-order valence-electron chi connectivity index (χ1n) is 5.97. The fraction of sp³-hybridized carbons (Fsp3) is 0.727. The number of hydrogen-bond acceptors (Lipinski definition) is 4. The molecule has 1 rings (SSSR count). The Bertz CT molecular complexity index is 424. The Morgan fingerprint density at radius 1 is 1.50 bits per heavy atom. The maximum atomic E-state index is 13.1. The summed E-state index contributed by atoms with van der Waals surface area (Å²) in [5, 5.41) is 4.01. The highest BCUT2D eigenvalue weighted by Gasteiger charge is 2.65. The molecule has 0 radical (unpaired) electrons. The largest absolute Gasteiger partial charge is 0.464 e. The number of carbonyl (C=O) groups is 3. The number of hydrogen-bond donors (Lipinski definition) is 2. The average molecular weight is 296 g/mol. The van der Waals surface area contributed by atoms with E-state index in [0.717, 1.165) is 6.92 Å². The van der Waals surface area contributed by atoms with Gasteiger partial charge in [-0.2, -0.15) is 13.2 Å². The van der Waals surface area contributed by atoms with Gasteiger partial charge in [-0.05, 0) is 13.3 Å². The number of nitrogens with one attached hydrogen (secondary N) is 2. The van der Waals surface area contributed by atoms with E-state index in [0.29, 0.717) is 0 Å². The lowest BCUT2D eigenvalue weighted by molar-refractivity contribution is -0.212. The molecule has 2 atom stereocenters. The van der Waals surface area contributed by atoms with Gasteiger partial charge in [0, 0.05) is 13.5 Å². The fourth-order valence-electron chi connectivity index (χ4n) is 2.21. The van der Waals surface area contributed by atoms with E-state index >= 15 is 0 Å². The van der Waals surface area contributed by atoms with Gasteiger partial charge in [-0.1, -0.05) is 0 Å². The van der Waals surface area contributed by atoms with Crippen molar-refractivity contribution in [2.24, 2.45) is 5.92 Å². The number of piperidine rings is 1. The Kier molecular flexibility index (Phi) is 4.61. The van der Waals surface area contributed by atoms with Gasteiger partial charge in [0.2, 0.25) is 11.4 Å². The third-order valence-electron chi connectivity index (χ3n) is 2.97. The van der Waals surface area contributed by atoms with E-state index in [1.807, 2.05) is 5.32 Å². The Hall–Kier alpha value is -1.80. The third-order valence-corrected chi connectivity index (χ3v) is 2.97. The zero-order valence-corrected chi connectivity index (χ0v) is 11.0. The van der Waals surface area contributed by atoms with Gasteiger partial charge >= 0.3 is 12.1 Å². The number of carbonyl (C=O) groups excluding carboxylic acids is 3. The van der Waals surface area contributed by atoms with Crippen molar-refractivity contribution < 1.29 is 32.3 Å². The summed E-state index contributed by atoms with van der Waals surface area (Å²) in [6, 6.07) is 0. The van der Waals surface area contributed by atoms with E-state index in [9.17, 15) is 27.6 Å². The van der Waals surface area contributed by atoms with E-state index in [2.05, 4.69) is 10.1 Å². The summed E-state index contributed by atoms with van der Waals surface area (Å²) >= 11 is 0. The molecule has 9 heteroatoms. The van der Waals surface area contributed by atoms with Gasteiger partial charge in [-0.25, -0.2) is 4.79 Å². The van der Waals surface area contributed by atoms with Crippen LogP contribution in [-0.4, -0.2) is 42.7 Å². The summed E-state index contributed by atoms with van der Waals surface area (Å²) in [7, 11) is 0. The van der Waals surface area contributed by atoms with Gasteiger partial charge in [0.25, 0.3) is 5.91 Å². The Balaban J connectivity index is 3.35. The molecule has 1 aliphatic rings. The van der Waals surface area contributed by atoms with Crippen LogP contribution in [0.2, 0.25) is 0 Å². The Morgan fingerprint density at radius 2 is 2.10 bits per heavy atom. The molecule has 1 aliphatic heterocycles. The predicted octanol–water partition coefficient (Wildman–Crippen LogP) is 0.123. The van der Waals surface area contributed by atoms with E-state index < -0.39 is 41.8 Å². The Labute approximate surface area is 113 Å². The highest BCUT2D eigenvalue weighted by molar-refractivity contribution is 6.10. The molecule has 0 aromatic heterocycles. The molecule has 20 heavy (non-hydrogen) atoms. The zero-order valence-electron chi connectivity index (χ0n) is 11.0. The molecule has 0 saturated carbocycles. The second-order valence-corrected chi connectivity index (χ2v) is 4.35. The second-order valence-electron chi connectivity index (χ2n) is 4.35. The summed E-state index contributed by atoms with van der Waals surface area (Å²) in [5.74, 6) is -5.87. The zero-order chi connectivity index (χ0) is 15.6. The van der Waals surface area contributed by atoms with Gasteiger partial charge in [0.15, 0.2) is 0 Å². The van der Waals surface area contributed by atoms with Crippen molar-refractivity contribution in [2.75, 3.05) is 13.2 Å². The maximum absolute atomic E-state index is 13.1. The lowest BCUT2D eigenvalue weighted by atomic mass is 9.77. The SMILES string of the molecule is CCOC(=O)C1(NC(C)=O)C(=O)NCCC1C(F)(F)F. The van der Waals surface area contributed by atoms with Crippen LogP contribution in [0.15, 0.2) is 0 Å². The van der Waals surface area contributed by atoms with Gasteiger partial charge in [-0.15, -0.1) is 0 Å². The van der Waals surface area contributed by atoms with Gasteiger partial charge in [0.05, 0.1) is 12.5 Å². The number of esters is 1. The molecule has 0 spiro atoms. The standard InChI is InChI=1S/C11H15F3N2O4/c1-3-20-9(19)10(16-6(2)17)7(11(12,13)14)4-5-15-8(10)18/h7H,3-5H2,1-2H3,(H,15,18)(H,16,17). The van der Waals surface area contributed by atoms with E-state index in [4.69, 9.17) is 0 Å². The minimum absolute atomic E-state index is 0.210. The van der Waals surface area contributed by atoms with Crippen molar-refractivity contribution in [1.82, 2.24) is 10.6 Å². The topological polar surface area (TPSA) is 84.5 Å². The highest BCUT2D eigenvalue weighted by atomic mass is 19.4. The van der Waals surface area contributed by atoms with Crippen LogP contribution in [0.4, 0.5) is 13.2 Å².